The van der Waals surface area contributed by atoms with Gasteiger partial charge >= 0.3 is 0 Å². The molecule has 0 aliphatic rings. The van der Waals surface area contributed by atoms with E-state index in [1.807, 2.05) is 6.92 Å². The van der Waals surface area contributed by atoms with Crippen LogP contribution >= 0.6 is 13.5 Å². The molecule has 0 saturated carbocycles. The fourth-order valence-corrected chi connectivity index (χ4v) is 1.69. The van der Waals surface area contributed by atoms with Crippen molar-refractivity contribution < 1.29 is 22.3 Å². The first-order chi connectivity index (χ1) is 9.41. The van der Waals surface area contributed by atoms with E-state index in [2.05, 4.69) is 0 Å². The van der Waals surface area contributed by atoms with Gasteiger partial charge in [-0.05, 0) is 19.4 Å². The van der Waals surface area contributed by atoms with Crippen LogP contribution in [0.3, 0.4) is 0 Å². The van der Waals surface area contributed by atoms with Crippen LogP contribution in [0.25, 0.3) is 0 Å². The fourth-order valence-electron chi connectivity index (χ4n) is 1.69. The zero-order chi connectivity index (χ0) is 14.9. The molecule has 0 saturated heterocycles. The molecule has 0 unspecified atom stereocenters. The van der Waals surface area contributed by atoms with Gasteiger partial charge in [-0.1, -0.05) is 29.8 Å². The van der Waals surface area contributed by atoms with Gasteiger partial charge in [-0.3, -0.25) is 0 Å². The summed E-state index contributed by atoms with van der Waals surface area (Å²) in [5.41, 5.74) is 0.942. The number of benzene rings is 2. The minimum atomic E-state index is -1.52. The molecule has 1 nitrogen and oxygen atoms in total. The maximum absolute atomic E-state index is 13.6. The first-order valence-electron chi connectivity index (χ1n) is 5.92. The Bertz CT molecular complexity index is 612. The summed E-state index contributed by atoms with van der Waals surface area (Å²) in [5.74, 6) is -6.96. The van der Waals surface area contributed by atoms with Gasteiger partial charge in [0.2, 0.25) is 11.6 Å². The number of hydrogen-bond acceptors (Lipinski definition) is 1. The summed E-state index contributed by atoms with van der Waals surface area (Å²) in [6.45, 7) is 2.66. The summed E-state index contributed by atoms with van der Waals surface area (Å²) in [4.78, 5) is 0. The van der Waals surface area contributed by atoms with Crippen molar-refractivity contribution in [1.82, 2.24) is 0 Å². The average molecular weight is 318 g/mol. The summed E-state index contributed by atoms with van der Waals surface area (Å²) in [6, 6.07) is 6.99. The number of rotatable bonds is 3. The molecular weight excluding hydrogens is 304 g/mol. The monoisotopic (exact) mass is 318 g/mol. The Labute approximate surface area is 127 Å². The highest BCUT2D eigenvalue weighted by molar-refractivity contribution is 7.59. The van der Waals surface area contributed by atoms with Crippen molar-refractivity contribution >= 4 is 13.5 Å². The SMILES string of the molecule is Cc1ccc(COc2c(F)c(F)c(C)c(F)c2F)cc1.S. The summed E-state index contributed by atoms with van der Waals surface area (Å²) in [7, 11) is 0. The second kappa shape index (κ2) is 6.85. The Kier molecular flexibility index (Phi) is 5.66. The molecule has 0 atom stereocenters. The van der Waals surface area contributed by atoms with Crippen molar-refractivity contribution in [3.05, 3.63) is 64.2 Å². The van der Waals surface area contributed by atoms with Crippen LogP contribution in [-0.2, 0) is 6.61 Å². The van der Waals surface area contributed by atoms with Crippen LogP contribution < -0.4 is 4.74 Å². The van der Waals surface area contributed by atoms with E-state index in [9.17, 15) is 17.6 Å². The molecule has 0 aliphatic heterocycles. The van der Waals surface area contributed by atoms with Crippen molar-refractivity contribution in [2.45, 2.75) is 20.5 Å². The Hall–Kier alpha value is -1.69. The van der Waals surface area contributed by atoms with Gasteiger partial charge in [0.15, 0.2) is 17.4 Å². The van der Waals surface area contributed by atoms with E-state index in [4.69, 9.17) is 4.74 Å². The topological polar surface area (TPSA) is 9.23 Å². The number of aryl methyl sites for hydroxylation is 1. The number of halogens is 4. The molecule has 2 aromatic rings. The van der Waals surface area contributed by atoms with E-state index >= 15 is 0 Å². The van der Waals surface area contributed by atoms with Gasteiger partial charge in [-0.15, -0.1) is 0 Å². The summed E-state index contributed by atoms with van der Waals surface area (Å²) in [5, 5.41) is 0. The minimum absolute atomic E-state index is 0. The smallest absolute Gasteiger partial charge is 0.204 e. The zero-order valence-electron chi connectivity index (χ0n) is 11.4. The van der Waals surface area contributed by atoms with E-state index in [-0.39, 0.29) is 20.1 Å². The molecule has 21 heavy (non-hydrogen) atoms. The maximum atomic E-state index is 13.6. The third kappa shape index (κ3) is 3.50. The minimum Gasteiger partial charge on any atom is -0.483 e. The first-order valence-corrected chi connectivity index (χ1v) is 5.92. The molecule has 0 fully saturated rings. The largest absolute Gasteiger partial charge is 0.483 e. The highest BCUT2D eigenvalue weighted by Gasteiger charge is 2.24. The Balaban J connectivity index is 0.00000220. The quantitative estimate of drug-likeness (QED) is 0.596. The van der Waals surface area contributed by atoms with E-state index < -0.39 is 34.6 Å². The van der Waals surface area contributed by atoms with Gasteiger partial charge in [-0.25, -0.2) is 8.78 Å². The van der Waals surface area contributed by atoms with Crippen molar-refractivity contribution in [1.29, 1.82) is 0 Å². The molecule has 0 N–H and O–H groups in total. The van der Waals surface area contributed by atoms with E-state index in [1.165, 1.54) is 0 Å². The van der Waals surface area contributed by atoms with Gasteiger partial charge in [0.1, 0.15) is 6.61 Å². The van der Waals surface area contributed by atoms with E-state index in [0.717, 1.165) is 12.5 Å². The maximum Gasteiger partial charge on any atom is 0.204 e. The fraction of sp³-hybridized carbons (Fsp3) is 0.200. The van der Waals surface area contributed by atoms with Crippen LogP contribution in [0.1, 0.15) is 16.7 Å². The summed E-state index contributed by atoms with van der Waals surface area (Å²) in [6.07, 6.45) is 0. The summed E-state index contributed by atoms with van der Waals surface area (Å²) < 4.78 is 58.7. The third-order valence-electron chi connectivity index (χ3n) is 2.95. The molecule has 0 aliphatic carbocycles. The van der Waals surface area contributed by atoms with Crippen LogP contribution in [0.15, 0.2) is 24.3 Å². The van der Waals surface area contributed by atoms with E-state index in [1.54, 1.807) is 24.3 Å². The van der Waals surface area contributed by atoms with Crippen LogP contribution in [0.2, 0.25) is 0 Å². The van der Waals surface area contributed by atoms with Gasteiger partial charge in [0.25, 0.3) is 0 Å². The Morgan fingerprint density at radius 1 is 0.810 bits per heavy atom. The number of hydrogen-bond donors (Lipinski definition) is 0. The molecule has 0 radical (unpaired) electrons. The normalized spacial score (nSPS) is 10.2. The Morgan fingerprint density at radius 2 is 1.29 bits per heavy atom. The molecule has 0 heterocycles. The number of ether oxygens (including phenoxy) is 1. The van der Waals surface area contributed by atoms with Crippen LogP contribution in [0.5, 0.6) is 5.75 Å². The second-order valence-corrected chi connectivity index (χ2v) is 4.48. The standard InChI is InChI=1S/C15H12F4O.H2S/c1-8-3-5-10(6-4-8)7-20-15-13(18)11(16)9(2)12(17)14(15)19;/h3-6H,7H2,1-2H3;1H2. The first kappa shape index (κ1) is 17.4. The van der Waals surface area contributed by atoms with Gasteiger partial charge in [0.05, 0.1) is 0 Å². The molecule has 0 aromatic heterocycles. The molecule has 2 aromatic carbocycles. The lowest BCUT2D eigenvalue weighted by Crippen LogP contribution is -2.06. The highest BCUT2D eigenvalue weighted by Crippen LogP contribution is 2.30. The Morgan fingerprint density at radius 3 is 1.76 bits per heavy atom. The van der Waals surface area contributed by atoms with Crippen LogP contribution in [0, 0.1) is 37.1 Å². The predicted octanol–water partition coefficient (Wildman–Crippen LogP) is 4.55. The molecule has 114 valence electrons. The molecular formula is C15H14F4OS. The highest BCUT2D eigenvalue weighted by atomic mass is 32.1. The van der Waals surface area contributed by atoms with Crippen molar-refractivity contribution in [3.63, 3.8) is 0 Å². The van der Waals surface area contributed by atoms with Crippen molar-refractivity contribution in [2.24, 2.45) is 0 Å². The lowest BCUT2D eigenvalue weighted by atomic mass is 10.1. The third-order valence-corrected chi connectivity index (χ3v) is 2.95. The van der Waals surface area contributed by atoms with Gasteiger partial charge in [0, 0.05) is 5.56 Å². The zero-order valence-corrected chi connectivity index (χ0v) is 12.4. The van der Waals surface area contributed by atoms with Crippen molar-refractivity contribution in [2.75, 3.05) is 0 Å². The second-order valence-electron chi connectivity index (χ2n) is 4.48. The lowest BCUT2D eigenvalue weighted by molar-refractivity contribution is 0.260. The summed E-state index contributed by atoms with van der Waals surface area (Å²) >= 11 is 0. The molecule has 0 spiro atoms. The van der Waals surface area contributed by atoms with E-state index in [0.29, 0.717) is 5.56 Å². The van der Waals surface area contributed by atoms with Crippen LogP contribution in [0.4, 0.5) is 17.6 Å². The molecule has 6 heteroatoms. The van der Waals surface area contributed by atoms with Crippen molar-refractivity contribution in [3.8, 4) is 5.75 Å². The van der Waals surface area contributed by atoms with Gasteiger partial charge in [-0.2, -0.15) is 22.3 Å². The molecule has 0 bridgehead atoms. The molecule has 2 rings (SSSR count). The predicted molar refractivity (Wildman–Crippen MR) is 76.9 cm³/mol. The average Bonchev–Trinajstić information content (AvgIpc) is 2.45. The van der Waals surface area contributed by atoms with Gasteiger partial charge < -0.3 is 4.74 Å². The lowest BCUT2D eigenvalue weighted by Gasteiger charge is -2.11. The molecule has 0 amide bonds. The van der Waals surface area contributed by atoms with Crippen LogP contribution in [-0.4, -0.2) is 0 Å².